The zero-order valence-corrected chi connectivity index (χ0v) is 13.2. The maximum Gasteiger partial charge on any atom is 0.189 e. The Balaban J connectivity index is 2.06. The van der Waals surface area contributed by atoms with E-state index in [4.69, 9.17) is 0 Å². The molecule has 1 unspecified atom stereocenters. The highest BCUT2D eigenvalue weighted by atomic mass is 32.2. The molecular formula is C15H25N3OS. The predicted molar refractivity (Wildman–Crippen MR) is 84.1 cm³/mol. The van der Waals surface area contributed by atoms with E-state index in [9.17, 15) is 5.11 Å². The fourth-order valence-electron chi connectivity index (χ4n) is 2.60. The Kier molecular flexibility index (Phi) is 6.10. The second-order valence-electron chi connectivity index (χ2n) is 5.53. The SMILES string of the molecule is CCCC(C)Sc1ncc(CO)c(NC2CCCC2)n1. The highest BCUT2D eigenvalue weighted by Gasteiger charge is 2.17. The predicted octanol–water partition coefficient (Wildman–Crippen LogP) is 3.60. The fourth-order valence-corrected chi connectivity index (χ4v) is 3.57. The number of aliphatic hydroxyl groups excluding tert-OH is 1. The average molecular weight is 295 g/mol. The third kappa shape index (κ3) is 4.35. The summed E-state index contributed by atoms with van der Waals surface area (Å²) >= 11 is 1.72. The highest BCUT2D eigenvalue weighted by molar-refractivity contribution is 7.99. The van der Waals surface area contributed by atoms with E-state index in [0.29, 0.717) is 11.3 Å². The Bertz CT molecular complexity index is 422. The van der Waals surface area contributed by atoms with Gasteiger partial charge in [-0.15, -0.1) is 0 Å². The molecule has 1 fully saturated rings. The van der Waals surface area contributed by atoms with Crippen molar-refractivity contribution in [3.8, 4) is 0 Å². The number of nitrogens with one attached hydrogen (secondary N) is 1. The van der Waals surface area contributed by atoms with Crippen LogP contribution in [0, 0.1) is 0 Å². The number of hydrogen-bond acceptors (Lipinski definition) is 5. The Morgan fingerprint density at radius 3 is 2.85 bits per heavy atom. The van der Waals surface area contributed by atoms with Crippen LogP contribution < -0.4 is 5.32 Å². The molecule has 1 aliphatic rings. The number of nitrogens with zero attached hydrogens (tertiary/aromatic N) is 2. The third-order valence-electron chi connectivity index (χ3n) is 3.71. The maximum atomic E-state index is 9.42. The van der Waals surface area contributed by atoms with E-state index < -0.39 is 0 Å². The summed E-state index contributed by atoms with van der Waals surface area (Å²) in [7, 11) is 0. The van der Waals surface area contributed by atoms with Crippen LogP contribution >= 0.6 is 11.8 Å². The van der Waals surface area contributed by atoms with E-state index in [1.807, 2.05) is 0 Å². The molecule has 1 aromatic heterocycles. The Morgan fingerprint density at radius 1 is 1.45 bits per heavy atom. The van der Waals surface area contributed by atoms with Crippen molar-refractivity contribution in [3.63, 3.8) is 0 Å². The molecule has 0 spiro atoms. The molecule has 0 saturated heterocycles. The third-order valence-corrected chi connectivity index (χ3v) is 4.76. The number of thioether (sulfide) groups is 1. The molecule has 0 bridgehead atoms. The topological polar surface area (TPSA) is 58.0 Å². The molecule has 1 saturated carbocycles. The van der Waals surface area contributed by atoms with Crippen LogP contribution in [0.2, 0.25) is 0 Å². The first-order valence-corrected chi connectivity index (χ1v) is 8.50. The van der Waals surface area contributed by atoms with Gasteiger partial charge < -0.3 is 10.4 Å². The lowest BCUT2D eigenvalue weighted by molar-refractivity contribution is 0.281. The number of anilines is 1. The van der Waals surface area contributed by atoms with Gasteiger partial charge in [0.15, 0.2) is 5.16 Å². The molecule has 2 N–H and O–H groups in total. The summed E-state index contributed by atoms with van der Waals surface area (Å²) in [5.74, 6) is 0.820. The van der Waals surface area contributed by atoms with Gasteiger partial charge >= 0.3 is 0 Å². The molecule has 0 aliphatic heterocycles. The zero-order valence-electron chi connectivity index (χ0n) is 12.4. The minimum atomic E-state index is -0.00941. The molecule has 2 rings (SSSR count). The maximum absolute atomic E-state index is 9.42. The van der Waals surface area contributed by atoms with E-state index in [2.05, 4.69) is 29.1 Å². The van der Waals surface area contributed by atoms with E-state index >= 15 is 0 Å². The van der Waals surface area contributed by atoms with Crippen molar-refractivity contribution in [1.82, 2.24) is 9.97 Å². The Labute approximate surface area is 125 Å². The molecule has 4 nitrogen and oxygen atoms in total. The largest absolute Gasteiger partial charge is 0.391 e. The molecule has 0 radical (unpaired) electrons. The van der Waals surface area contributed by atoms with Gasteiger partial charge in [-0.2, -0.15) is 0 Å². The number of rotatable bonds is 7. The second kappa shape index (κ2) is 7.84. The highest BCUT2D eigenvalue weighted by Crippen LogP contribution is 2.27. The van der Waals surface area contributed by atoms with Crippen molar-refractivity contribution >= 4 is 17.6 Å². The number of aliphatic hydroxyl groups is 1. The summed E-state index contributed by atoms with van der Waals surface area (Å²) in [5.41, 5.74) is 0.796. The monoisotopic (exact) mass is 295 g/mol. The number of aromatic nitrogens is 2. The molecule has 0 aromatic carbocycles. The molecule has 112 valence electrons. The van der Waals surface area contributed by atoms with Crippen LogP contribution in [0.3, 0.4) is 0 Å². The first kappa shape index (κ1) is 15.6. The molecule has 1 aliphatic carbocycles. The van der Waals surface area contributed by atoms with Gasteiger partial charge in [0.2, 0.25) is 0 Å². The average Bonchev–Trinajstić information content (AvgIpc) is 2.92. The Hall–Kier alpha value is -0.810. The van der Waals surface area contributed by atoms with Crippen molar-refractivity contribution in [3.05, 3.63) is 11.8 Å². The van der Waals surface area contributed by atoms with Gasteiger partial charge in [-0.3, -0.25) is 0 Å². The van der Waals surface area contributed by atoms with Crippen LogP contribution in [0.4, 0.5) is 5.82 Å². The Morgan fingerprint density at radius 2 is 2.20 bits per heavy atom. The van der Waals surface area contributed by atoms with Crippen LogP contribution in [-0.4, -0.2) is 26.4 Å². The van der Waals surface area contributed by atoms with Gasteiger partial charge in [0.05, 0.1) is 6.61 Å². The van der Waals surface area contributed by atoms with Crippen molar-refractivity contribution in [2.45, 2.75) is 75.4 Å². The minimum absolute atomic E-state index is 0.00941. The van der Waals surface area contributed by atoms with Gasteiger partial charge in [0.1, 0.15) is 5.82 Å². The summed E-state index contributed by atoms with van der Waals surface area (Å²) in [6, 6.07) is 0.501. The molecule has 1 heterocycles. The lowest BCUT2D eigenvalue weighted by Gasteiger charge is -2.16. The quantitative estimate of drug-likeness (QED) is 0.594. The molecule has 1 aromatic rings. The van der Waals surface area contributed by atoms with E-state index in [1.165, 1.54) is 38.5 Å². The summed E-state index contributed by atoms with van der Waals surface area (Å²) < 4.78 is 0. The molecule has 5 heteroatoms. The normalized spacial score (nSPS) is 17.4. The van der Waals surface area contributed by atoms with Crippen molar-refractivity contribution in [2.24, 2.45) is 0 Å². The lowest BCUT2D eigenvalue weighted by atomic mass is 10.2. The standard InChI is InChI=1S/C15H25N3OS/c1-3-6-11(2)20-15-16-9-12(10-19)14(18-15)17-13-7-4-5-8-13/h9,11,13,19H,3-8,10H2,1-2H3,(H,16,17,18). The summed E-state index contributed by atoms with van der Waals surface area (Å²) in [4.78, 5) is 8.97. The summed E-state index contributed by atoms with van der Waals surface area (Å²) in [5, 5.41) is 14.2. The van der Waals surface area contributed by atoms with Crippen LogP contribution in [0.1, 0.15) is 57.9 Å². The van der Waals surface area contributed by atoms with Gasteiger partial charge in [-0.1, -0.05) is 44.9 Å². The van der Waals surface area contributed by atoms with E-state index in [0.717, 1.165) is 16.5 Å². The molecular weight excluding hydrogens is 270 g/mol. The van der Waals surface area contributed by atoms with E-state index in [-0.39, 0.29) is 6.61 Å². The summed E-state index contributed by atoms with van der Waals surface area (Å²) in [6.45, 7) is 4.39. The smallest absolute Gasteiger partial charge is 0.189 e. The van der Waals surface area contributed by atoms with Gasteiger partial charge in [0.25, 0.3) is 0 Å². The van der Waals surface area contributed by atoms with Gasteiger partial charge in [0, 0.05) is 23.1 Å². The molecule has 1 atom stereocenters. The van der Waals surface area contributed by atoms with Crippen molar-refractivity contribution in [1.29, 1.82) is 0 Å². The minimum Gasteiger partial charge on any atom is -0.391 e. The van der Waals surface area contributed by atoms with Crippen LogP contribution in [0.25, 0.3) is 0 Å². The lowest BCUT2D eigenvalue weighted by Crippen LogP contribution is -2.17. The van der Waals surface area contributed by atoms with Crippen LogP contribution in [0.5, 0.6) is 0 Å². The first-order valence-electron chi connectivity index (χ1n) is 7.63. The zero-order chi connectivity index (χ0) is 14.4. The molecule has 20 heavy (non-hydrogen) atoms. The summed E-state index contributed by atoms with van der Waals surface area (Å²) in [6.07, 6.45) is 9.06. The fraction of sp³-hybridized carbons (Fsp3) is 0.733. The van der Waals surface area contributed by atoms with Crippen LogP contribution in [0.15, 0.2) is 11.4 Å². The van der Waals surface area contributed by atoms with Gasteiger partial charge in [-0.05, 0) is 19.3 Å². The second-order valence-corrected chi connectivity index (χ2v) is 6.93. The van der Waals surface area contributed by atoms with Crippen LogP contribution in [-0.2, 0) is 6.61 Å². The molecule has 0 amide bonds. The number of hydrogen-bond donors (Lipinski definition) is 2. The van der Waals surface area contributed by atoms with Crippen molar-refractivity contribution in [2.75, 3.05) is 5.32 Å². The first-order chi connectivity index (χ1) is 9.72. The van der Waals surface area contributed by atoms with Crippen molar-refractivity contribution < 1.29 is 5.11 Å². The van der Waals surface area contributed by atoms with E-state index in [1.54, 1.807) is 18.0 Å². The van der Waals surface area contributed by atoms with Gasteiger partial charge in [-0.25, -0.2) is 9.97 Å².